The minimum absolute atomic E-state index is 0.0427. The van der Waals surface area contributed by atoms with E-state index in [1.54, 1.807) is 30.3 Å². The summed E-state index contributed by atoms with van der Waals surface area (Å²) < 4.78 is 11.1. The van der Waals surface area contributed by atoms with Crippen LogP contribution in [0.2, 0.25) is 5.02 Å². The topological polar surface area (TPSA) is 67.8 Å². The summed E-state index contributed by atoms with van der Waals surface area (Å²) in [6, 6.07) is 12.4. The van der Waals surface area contributed by atoms with E-state index in [2.05, 4.69) is 5.32 Å². The maximum Gasteiger partial charge on any atom is 0.251 e. The highest BCUT2D eigenvalue weighted by Crippen LogP contribution is 2.29. The molecule has 0 unspecified atom stereocenters. The number of carbonyl (C=O) groups is 1. The fourth-order valence-electron chi connectivity index (χ4n) is 2.05. The van der Waals surface area contributed by atoms with Crippen molar-refractivity contribution in [2.45, 2.75) is 13.0 Å². The Balaban J connectivity index is 2.02. The summed E-state index contributed by atoms with van der Waals surface area (Å²) in [5, 5.41) is 12.1. The van der Waals surface area contributed by atoms with Gasteiger partial charge in [-0.05, 0) is 42.3 Å². The van der Waals surface area contributed by atoms with Gasteiger partial charge in [-0.3, -0.25) is 4.79 Å². The minimum Gasteiger partial charge on any atom is -0.493 e. The molecule has 2 aromatic carbocycles. The Hall–Kier alpha value is -2.24. The second-order valence-electron chi connectivity index (χ2n) is 5.11. The Morgan fingerprint density at radius 3 is 2.58 bits per heavy atom. The van der Waals surface area contributed by atoms with Crippen molar-refractivity contribution in [3.8, 4) is 11.5 Å². The number of hydrogen-bond acceptors (Lipinski definition) is 4. The fraction of sp³-hybridized carbons (Fsp3) is 0.278. The van der Waals surface area contributed by atoms with Gasteiger partial charge in [-0.2, -0.15) is 0 Å². The van der Waals surface area contributed by atoms with Gasteiger partial charge in [0.15, 0.2) is 11.5 Å². The fourth-order valence-corrected chi connectivity index (χ4v) is 2.18. The van der Waals surface area contributed by atoms with Crippen LogP contribution in [-0.2, 0) is 6.61 Å². The highest BCUT2D eigenvalue weighted by atomic mass is 35.5. The van der Waals surface area contributed by atoms with Crippen molar-refractivity contribution in [2.24, 2.45) is 0 Å². The number of carbonyl (C=O) groups excluding carboxylic acids is 1. The summed E-state index contributed by atoms with van der Waals surface area (Å²) in [6.07, 6.45) is 0.519. The Morgan fingerprint density at radius 2 is 1.92 bits per heavy atom. The van der Waals surface area contributed by atoms with E-state index in [1.807, 2.05) is 12.1 Å². The largest absolute Gasteiger partial charge is 0.493 e. The lowest BCUT2D eigenvalue weighted by molar-refractivity contribution is 0.0950. The van der Waals surface area contributed by atoms with Gasteiger partial charge in [0.05, 0.1) is 7.11 Å². The molecule has 0 saturated heterocycles. The second kappa shape index (κ2) is 9.15. The molecule has 6 heteroatoms. The third-order valence-corrected chi connectivity index (χ3v) is 3.61. The first-order valence-corrected chi connectivity index (χ1v) is 7.96. The molecule has 2 N–H and O–H groups in total. The van der Waals surface area contributed by atoms with Gasteiger partial charge in [-0.25, -0.2) is 0 Å². The molecule has 128 valence electrons. The van der Waals surface area contributed by atoms with E-state index in [1.165, 1.54) is 7.11 Å². The lowest BCUT2D eigenvalue weighted by Crippen LogP contribution is -2.25. The summed E-state index contributed by atoms with van der Waals surface area (Å²) in [6.45, 7) is 0.836. The van der Waals surface area contributed by atoms with Crippen LogP contribution in [0.1, 0.15) is 22.3 Å². The van der Waals surface area contributed by atoms with Crippen molar-refractivity contribution >= 4 is 17.5 Å². The van der Waals surface area contributed by atoms with Crippen molar-refractivity contribution in [2.75, 3.05) is 20.3 Å². The Labute approximate surface area is 146 Å². The van der Waals surface area contributed by atoms with E-state index in [0.717, 1.165) is 5.56 Å². The summed E-state index contributed by atoms with van der Waals surface area (Å²) >= 11 is 5.86. The van der Waals surface area contributed by atoms with Crippen LogP contribution in [0, 0.1) is 0 Å². The van der Waals surface area contributed by atoms with Gasteiger partial charge in [-0.15, -0.1) is 0 Å². The molecule has 0 aliphatic rings. The smallest absolute Gasteiger partial charge is 0.251 e. The molecule has 5 nitrogen and oxygen atoms in total. The van der Waals surface area contributed by atoms with Gasteiger partial charge in [0.1, 0.15) is 6.61 Å². The number of methoxy groups -OCH3 is 1. The number of aliphatic hydroxyl groups excluding tert-OH is 1. The molecule has 0 bridgehead atoms. The zero-order valence-electron chi connectivity index (χ0n) is 13.4. The first kappa shape index (κ1) is 18.1. The Morgan fingerprint density at radius 1 is 1.17 bits per heavy atom. The van der Waals surface area contributed by atoms with Crippen LogP contribution in [0.5, 0.6) is 11.5 Å². The predicted molar refractivity (Wildman–Crippen MR) is 92.8 cm³/mol. The second-order valence-corrected chi connectivity index (χ2v) is 5.55. The number of aliphatic hydroxyl groups is 1. The molecule has 0 aromatic heterocycles. The first-order chi connectivity index (χ1) is 11.6. The van der Waals surface area contributed by atoms with E-state index in [4.69, 9.17) is 26.2 Å². The average Bonchev–Trinajstić information content (AvgIpc) is 2.61. The SMILES string of the molecule is COc1cc(C(=O)NCCCO)ccc1OCc1ccc(Cl)cc1. The summed E-state index contributed by atoms with van der Waals surface area (Å²) in [4.78, 5) is 12.0. The van der Waals surface area contributed by atoms with Crippen molar-refractivity contribution < 1.29 is 19.4 Å². The predicted octanol–water partition coefficient (Wildman–Crippen LogP) is 3.04. The number of ether oxygens (including phenoxy) is 2. The molecular weight excluding hydrogens is 330 g/mol. The molecular formula is C18H20ClNO4. The average molecular weight is 350 g/mol. The quantitative estimate of drug-likeness (QED) is 0.719. The third-order valence-electron chi connectivity index (χ3n) is 3.35. The maximum absolute atomic E-state index is 12.0. The monoisotopic (exact) mass is 349 g/mol. The molecule has 1 amide bonds. The molecule has 0 atom stereocenters. The van der Waals surface area contributed by atoms with E-state index < -0.39 is 0 Å². The first-order valence-electron chi connectivity index (χ1n) is 7.58. The van der Waals surface area contributed by atoms with E-state index in [9.17, 15) is 4.79 Å². The summed E-state index contributed by atoms with van der Waals surface area (Å²) in [5.74, 6) is 0.823. The van der Waals surface area contributed by atoms with Crippen LogP contribution in [-0.4, -0.2) is 31.3 Å². The number of hydrogen-bond donors (Lipinski definition) is 2. The van der Waals surface area contributed by atoms with Gasteiger partial charge in [0.2, 0.25) is 0 Å². The van der Waals surface area contributed by atoms with Crippen LogP contribution in [0.4, 0.5) is 0 Å². The van der Waals surface area contributed by atoms with Gasteiger partial charge in [0, 0.05) is 23.7 Å². The van der Waals surface area contributed by atoms with Gasteiger partial charge < -0.3 is 19.9 Å². The van der Waals surface area contributed by atoms with Crippen molar-refractivity contribution in [3.05, 3.63) is 58.6 Å². The molecule has 0 saturated carbocycles. The van der Waals surface area contributed by atoms with Crippen molar-refractivity contribution in [1.29, 1.82) is 0 Å². The molecule has 24 heavy (non-hydrogen) atoms. The molecule has 0 fully saturated rings. The normalized spacial score (nSPS) is 10.3. The molecule has 0 heterocycles. The number of halogens is 1. The van der Waals surface area contributed by atoms with Crippen LogP contribution in [0.3, 0.4) is 0 Å². The van der Waals surface area contributed by atoms with Crippen LogP contribution < -0.4 is 14.8 Å². The molecule has 0 spiro atoms. The molecule has 2 rings (SSSR count). The zero-order valence-corrected chi connectivity index (χ0v) is 14.2. The third kappa shape index (κ3) is 5.15. The van der Waals surface area contributed by atoms with E-state index in [0.29, 0.717) is 41.7 Å². The lowest BCUT2D eigenvalue weighted by atomic mass is 10.2. The lowest BCUT2D eigenvalue weighted by Gasteiger charge is -2.12. The molecule has 2 aromatic rings. The number of amides is 1. The highest BCUT2D eigenvalue weighted by molar-refractivity contribution is 6.30. The Bertz CT molecular complexity index is 673. The van der Waals surface area contributed by atoms with Crippen LogP contribution >= 0.6 is 11.6 Å². The highest BCUT2D eigenvalue weighted by Gasteiger charge is 2.11. The number of rotatable bonds is 8. The van der Waals surface area contributed by atoms with E-state index in [-0.39, 0.29) is 12.5 Å². The Kier molecular flexibility index (Phi) is 6.90. The van der Waals surface area contributed by atoms with Gasteiger partial charge in [-0.1, -0.05) is 23.7 Å². The standard InChI is InChI=1S/C18H20ClNO4/c1-23-17-11-14(18(22)20-9-2-10-21)5-8-16(17)24-12-13-3-6-15(19)7-4-13/h3-8,11,21H,2,9-10,12H2,1H3,(H,20,22). The van der Waals surface area contributed by atoms with Crippen LogP contribution in [0.15, 0.2) is 42.5 Å². The van der Waals surface area contributed by atoms with Gasteiger partial charge in [0.25, 0.3) is 5.91 Å². The number of benzene rings is 2. The molecule has 0 aliphatic heterocycles. The number of nitrogens with one attached hydrogen (secondary N) is 1. The van der Waals surface area contributed by atoms with Crippen molar-refractivity contribution in [1.82, 2.24) is 5.32 Å². The summed E-state index contributed by atoms with van der Waals surface area (Å²) in [5.41, 5.74) is 1.45. The summed E-state index contributed by atoms with van der Waals surface area (Å²) in [7, 11) is 1.53. The van der Waals surface area contributed by atoms with E-state index >= 15 is 0 Å². The molecule has 0 aliphatic carbocycles. The van der Waals surface area contributed by atoms with Crippen LogP contribution in [0.25, 0.3) is 0 Å². The zero-order chi connectivity index (χ0) is 17.4. The molecule has 0 radical (unpaired) electrons. The van der Waals surface area contributed by atoms with Gasteiger partial charge >= 0.3 is 0 Å². The van der Waals surface area contributed by atoms with Crippen molar-refractivity contribution in [3.63, 3.8) is 0 Å². The maximum atomic E-state index is 12.0. The minimum atomic E-state index is -0.217.